The Kier molecular flexibility index (Phi) is 31.9. The molecular formula is C91H123N13O19S2. The van der Waals surface area contributed by atoms with Gasteiger partial charge in [-0.15, -0.1) is 0 Å². The molecule has 5 aliphatic carbocycles. The highest BCUT2D eigenvalue weighted by molar-refractivity contribution is 8.76. The monoisotopic (exact) mass is 1770 g/mol. The van der Waals surface area contributed by atoms with Gasteiger partial charge in [0.2, 0.25) is 53.2 Å². The predicted octanol–water partition coefficient (Wildman–Crippen LogP) is 4.30. The topological polar surface area (TPSA) is 441 Å². The Balaban J connectivity index is 0.850. The molecule has 2 aromatic rings. The van der Waals surface area contributed by atoms with E-state index in [1.807, 2.05) is 43.5 Å². The van der Waals surface area contributed by atoms with Gasteiger partial charge in [-0.3, -0.25) is 57.7 Å². The summed E-state index contributed by atoms with van der Waals surface area (Å²) in [5.74, 6) is -10.3. The lowest BCUT2D eigenvalue weighted by Crippen LogP contribution is -2.62. The Hall–Kier alpha value is -9.74. The van der Waals surface area contributed by atoms with Crippen LogP contribution in [0.4, 0.5) is 4.79 Å². The lowest BCUT2D eigenvalue weighted by atomic mass is 9.51. The number of unbranched alkanes of at least 4 members (excludes halogenated alkanes) is 1. The number of aliphatic hydroxyl groups excluding tert-OH is 3. The zero-order chi connectivity index (χ0) is 89.6. The fourth-order valence-electron chi connectivity index (χ4n) is 19.9. The molecule has 5 aliphatic heterocycles. The van der Waals surface area contributed by atoms with Gasteiger partial charge in [-0.25, -0.2) is 9.59 Å². The molecule has 32 nitrogen and oxygen atoms in total. The summed E-state index contributed by atoms with van der Waals surface area (Å²) in [6.07, 6.45) is 15.5. The minimum atomic E-state index is -1.87. The number of carbonyl (C=O) groups is 13. The highest BCUT2D eigenvalue weighted by Crippen LogP contribution is 2.65. The van der Waals surface area contributed by atoms with Crippen LogP contribution in [0.5, 0.6) is 0 Å². The molecule has 2 saturated carbocycles. The van der Waals surface area contributed by atoms with Crippen LogP contribution in [-0.4, -0.2) is 261 Å². The van der Waals surface area contributed by atoms with E-state index in [0.29, 0.717) is 81.0 Å². The number of fused-ring (bicyclic) bond motifs is 5. The zero-order valence-electron chi connectivity index (χ0n) is 72.5. The number of benzene rings is 2. The molecule has 678 valence electrons. The number of likely N-dealkylation sites (tertiary alicyclic amines) is 2. The van der Waals surface area contributed by atoms with Crippen molar-refractivity contribution in [1.29, 1.82) is 0 Å². The Morgan fingerprint density at radius 2 is 1.42 bits per heavy atom. The molecule has 0 bridgehead atoms. The normalized spacial score (nSPS) is 30.7. The third-order valence-electron chi connectivity index (χ3n) is 26.4. The van der Waals surface area contributed by atoms with Crippen molar-refractivity contribution in [3.63, 3.8) is 0 Å². The van der Waals surface area contributed by atoms with Crippen molar-refractivity contribution in [2.45, 2.75) is 260 Å². The molecule has 0 aromatic heterocycles. The third-order valence-corrected chi connectivity index (χ3v) is 28.8. The number of nitrogens with one attached hydrogen (secondary N) is 9. The number of esters is 1. The maximum absolute atomic E-state index is 15.8. The zero-order valence-corrected chi connectivity index (χ0v) is 74.2. The van der Waals surface area contributed by atoms with Crippen LogP contribution in [0.3, 0.4) is 0 Å². The Morgan fingerprint density at radius 3 is 2.14 bits per heavy atom. The van der Waals surface area contributed by atoms with Crippen molar-refractivity contribution in [2.75, 3.05) is 51.9 Å². The summed E-state index contributed by atoms with van der Waals surface area (Å²) in [7, 11) is 5.08. The molecule has 12 N–H and O–H groups in total. The Bertz CT molecular complexity index is 4500. The smallest absolute Gasteiger partial charge is 0.407 e. The number of methoxy groups -OCH3 is 1. The van der Waals surface area contributed by atoms with Crippen LogP contribution in [-0.2, 0) is 84.6 Å². The van der Waals surface area contributed by atoms with E-state index in [2.05, 4.69) is 47.9 Å². The SMILES string of the molecule is CO[C@@]1(C(=O)OCC(NC(=O)C2CSSCC(NC(=O)C(Cc3ccccc3)NC(=O)C3CCCN3C(=O)C3CCCN3C(=O)C3=CN(C)C=CC3)C(=O)NC(Cc3ccccc3)C(=O)NC(CC3C=NC4C=CC=CC34)C(=O)NC(CCCCNC(=O)OC(C)(C)C)C(=O)NC(C(C)O)C(=O)N2)C(C)O)CCC2C3CCC4=C(CCC(=O)C4)C3C(O)CC21C. The van der Waals surface area contributed by atoms with Gasteiger partial charge >= 0.3 is 12.1 Å². The van der Waals surface area contributed by atoms with Gasteiger partial charge in [0.05, 0.1) is 30.4 Å². The van der Waals surface area contributed by atoms with E-state index >= 15 is 43.2 Å². The minimum absolute atomic E-state index is 0.00645. The van der Waals surface area contributed by atoms with Crippen molar-refractivity contribution >= 4 is 105 Å². The van der Waals surface area contributed by atoms with E-state index in [4.69, 9.17) is 19.2 Å². The molecule has 0 radical (unpaired) electrons. The van der Waals surface area contributed by atoms with E-state index in [1.54, 1.807) is 111 Å². The molecule has 11 amide bonds. The highest BCUT2D eigenvalue weighted by Gasteiger charge is 2.69. The second-order valence-electron chi connectivity index (χ2n) is 36.1. The van der Waals surface area contributed by atoms with Crippen molar-refractivity contribution in [3.8, 4) is 0 Å². The molecule has 2 aromatic carbocycles. The number of ether oxygens (including phenoxy) is 3. The number of alkyl carbamates (subject to hydrolysis) is 1. The van der Waals surface area contributed by atoms with Crippen LogP contribution in [0, 0.1) is 35.0 Å². The van der Waals surface area contributed by atoms with Gasteiger partial charge in [0.1, 0.15) is 72.4 Å². The first kappa shape index (κ1) is 94.4. The predicted molar refractivity (Wildman–Crippen MR) is 468 cm³/mol. The molecule has 20 unspecified atom stereocenters. The van der Waals surface area contributed by atoms with Crippen molar-refractivity contribution < 1.29 is 91.9 Å². The number of aliphatic hydroxyl groups is 3. The summed E-state index contributed by atoms with van der Waals surface area (Å²) >= 11 is 0. The van der Waals surface area contributed by atoms with E-state index in [-0.39, 0.29) is 118 Å². The molecule has 5 fully saturated rings. The molecule has 21 atom stereocenters. The maximum Gasteiger partial charge on any atom is 0.407 e. The number of ketones is 1. The molecule has 3 saturated heterocycles. The van der Waals surface area contributed by atoms with Crippen LogP contribution >= 0.6 is 21.6 Å². The summed E-state index contributed by atoms with van der Waals surface area (Å²) < 4.78 is 17.8. The fraction of sp³-hybridized carbons (Fsp3) is 0.604. The van der Waals surface area contributed by atoms with Gasteiger partial charge in [-0.2, -0.15) is 0 Å². The first-order valence-corrected chi connectivity index (χ1v) is 46.5. The number of carbonyl (C=O) groups excluding carboxylic acids is 13. The highest BCUT2D eigenvalue weighted by atomic mass is 33.1. The van der Waals surface area contributed by atoms with Crippen molar-refractivity contribution in [1.82, 2.24) is 62.6 Å². The van der Waals surface area contributed by atoms with Gasteiger partial charge in [-0.1, -0.05) is 131 Å². The van der Waals surface area contributed by atoms with Gasteiger partial charge < -0.3 is 92.1 Å². The quantitative estimate of drug-likeness (QED) is 0.0285. The van der Waals surface area contributed by atoms with Crippen molar-refractivity contribution in [2.24, 2.45) is 40.0 Å². The number of allylic oxidation sites excluding steroid dienone is 4. The first-order valence-electron chi connectivity index (χ1n) is 44.0. The second-order valence-corrected chi connectivity index (χ2v) is 38.7. The lowest BCUT2D eigenvalue weighted by Gasteiger charge is -2.55. The molecule has 5 heterocycles. The van der Waals surface area contributed by atoms with Gasteiger partial charge in [0.15, 0.2) is 5.60 Å². The number of aliphatic imine (C=N–C) groups is 1. The lowest BCUT2D eigenvalue weighted by molar-refractivity contribution is -0.199. The molecule has 0 spiro atoms. The van der Waals surface area contributed by atoms with Gasteiger partial charge in [0, 0.05) is 112 Å². The number of Topliss-reactive ketones (excluding diaryl/α,β-unsaturated/α-hetero) is 1. The number of hydrogen-bond donors (Lipinski definition) is 12. The Labute approximate surface area is 737 Å². The van der Waals surface area contributed by atoms with Crippen LogP contribution in [0.15, 0.2) is 125 Å². The van der Waals surface area contributed by atoms with Crippen LogP contribution in [0.2, 0.25) is 0 Å². The average Bonchev–Trinajstić information content (AvgIpc) is 1.57. The summed E-state index contributed by atoms with van der Waals surface area (Å²) in [4.78, 5) is 202. The number of rotatable bonds is 25. The number of amides is 11. The first-order chi connectivity index (χ1) is 59.7. The fourth-order valence-corrected chi connectivity index (χ4v) is 22.3. The minimum Gasteiger partial charge on any atom is -0.461 e. The molecule has 34 heteroatoms. The van der Waals surface area contributed by atoms with E-state index < -0.39 is 179 Å². The molecule has 12 rings (SSSR count). The average molecular weight is 1770 g/mol. The van der Waals surface area contributed by atoms with E-state index in [1.165, 1.54) is 25.9 Å². The summed E-state index contributed by atoms with van der Waals surface area (Å²) in [6.45, 7) is 9.58. The number of nitrogens with zero attached hydrogens (tertiary/aromatic N) is 4. The van der Waals surface area contributed by atoms with E-state index in [0.717, 1.165) is 39.2 Å². The Morgan fingerprint density at radius 1 is 0.744 bits per heavy atom. The number of hydrogen-bond acceptors (Lipinski definition) is 23. The van der Waals surface area contributed by atoms with Crippen LogP contribution < -0.4 is 47.9 Å². The summed E-state index contributed by atoms with van der Waals surface area (Å²) in [6, 6.07) is 2.68. The third kappa shape index (κ3) is 23.0. The standard InChI is InChI=1S/C91H123N13O19S2/c1-52(105)69(49-122-87(119)91(121-8)37-36-63-62-34-32-56-44-59(107)33-35-61(56)75(62)74(108)46-90(63,91)6)98-82(114)71-51-125-124-50-70(99-79(111)67(43-55-24-13-10-14-25-55)97-83(115)72-30-20-40-103(72)86(118)73-31-21-41-104(73)85(117)57-26-19-39-102(7)48-57)81(113)95-66(42-54-22-11-9-12-23-54)78(110)96-68(45-58-47-93-64-28-16-15-27-60(58)64)80(112)94-65(77(109)101-76(53(2)106)84(116)100-71)29-17-18-38-92-88(120)123-89(3,4)5/h9-16,19,22-25,27-28,39,47-48,52-53,58,60,62-76,105-106,108H,17-18,20-21,26,29-38,40-46,49-51H2,1-8H3,(H,92,120)(H,94,112)(H,95,113)(H,96,110)(H,97,115)(H,98,114)(H,99,111)(H,100,116)(H,101,109)/t52?,53?,58?,60?,62?,63?,64?,65?,66?,67?,68?,69?,70?,71?,72?,73?,74?,75?,76?,90?,91-/m1/s1. The van der Waals surface area contributed by atoms with Crippen molar-refractivity contribution in [3.05, 3.63) is 131 Å². The van der Waals surface area contributed by atoms with Crippen LogP contribution in [0.1, 0.15) is 162 Å². The largest absolute Gasteiger partial charge is 0.461 e. The molecule has 10 aliphatic rings. The summed E-state index contributed by atoms with van der Waals surface area (Å²) in [5.41, 5.74) is 0.574. The van der Waals surface area contributed by atoms with E-state index in [9.17, 15) is 34.5 Å². The molecular weight excluding hydrogens is 1640 g/mol. The molecule has 125 heavy (non-hydrogen) atoms. The maximum atomic E-state index is 15.8. The van der Waals surface area contributed by atoms with Gasteiger partial charge in [-0.05, 0) is 160 Å². The summed E-state index contributed by atoms with van der Waals surface area (Å²) in [5, 5.41) is 60.5. The second kappa shape index (κ2) is 42.2. The van der Waals surface area contributed by atoms with Crippen LogP contribution in [0.25, 0.3) is 0 Å². The van der Waals surface area contributed by atoms with Gasteiger partial charge in [0.25, 0.3) is 5.91 Å².